The summed E-state index contributed by atoms with van der Waals surface area (Å²) < 4.78 is 5.44. The van der Waals surface area contributed by atoms with Crippen LogP contribution in [0.4, 0.5) is 4.79 Å². The van der Waals surface area contributed by atoms with Gasteiger partial charge < -0.3 is 9.64 Å². The number of benzene rings is 1. The van der Waals surface area contributed by atoms with Crippen LogP contribution in [0.3, 0.4) is 0 Å². The SMILES string of the molecule is C=C1C[C@@H]2CC[C@@H](C1)N2C(=O)OCc1ccccc1. The summed E-state index contributed by atoms with van der Waals surface area (Å²) in [5, 5.41) is 0. The second-order valence-electron chi connectivity index (χ2n) is 5.49. The van der Waals surface area contributed by atoms with Gasteiger partial charge in [0.05, 0.1) is 0 Å². The molecule has 0 N–H and O–H groups in total. The fourth-order valence-corrected chi connectivity index (χ4v) is 3.20. The zero-order chi connectivity index (χ0) is 13.2. The maximum absolute atomic E-state index is 12.2. The van der Waals surface area contributed by atoms with Crippen LogP contribution in [0.1, 0.15) is 31.2 Å². The van der Waals surface area contributed by atoms with Crippen molar-refractivity contribution in [1.82, 2.24) is 4.90 Å². The molecule has 3 heteroatoms. The van der Waals surface area contributed by atoms with Crippen molar-refractivity contribution in [3.8, 4) is 0 Å². The van der Waals surface area contributed by atoms with Gasteiger partial charge in [0, 0.05) is 12.1 Å². The predicted octanol–water partition coefficient (Wildman–Crippen LogP) is 3.51. The van der Waals surface area contributed by atoms with E-state index in [2.05, 4.69) is 6.58 Å². The second kappa shape index (κ2) is 5.08. The summed E-state index contributed by atoms with van der Waals surface area (Å²) in [4.78, 5) is 14.2. The van der Waals surface area contributed by atoms with Gasteiger partial charge in [-0.2, -0.15) is 0 Å². The average molecular weight is 257 g/mol. The summed E-state index contributed by atoms with van der Waals surface area (Å²) in [6.45, 7) is 4.42. The van der Waals surface area contributed by atoms with E-state index in [1.807, 2.05) is 35.2 Å². The third-order valence-corrected chi connectivity index (χ3v) is 4.08. The van der Waals surface area contributed by atoms with E-state index in [-0.39, 0.29) is 6.09 Å². The molecule has 0 unspecified atom stereocenters. The van der Waals surface area contributed by atoms with Gasteiger partial charge in [0.1, 0.15) is 6.61 Å². The Morgan fingerprint density at radius 1 is 1.21 bits per heavy atom. The van der Waals surface area contributed by atoms with Gasteiger partial charge in [-0.1, -0.05) is 42.5 Å². The van der Waals surface area contributed by atoms with Crippen molar-refractivity contribution in [3.63, 3.8) is 0 Å². The zero-order valence-electron chi connectivity index (χ0n) is 11.0. The van der Waals surface area contributed by atoms with E-state index >= 15 is 0 Å². The van der Waals surface area contributed by atoms with Gasteiger partial charge >= 0.3 is 6.09 Å². The van der Waals surface area contributed by atoms with E-state index in [9.17, 15) is 4.79 Å². The molecule has 3 nitrogen and oxygen atoms in total. The molecule has 0 spiro atoms. The standard InChI is InChI=1S/C16H19NO2/c1-12-9-14-7-8-15(10-12)17(14)16(18)19-11-13-5-3-2-4-6-13/h2-6,14-15H,1,7-11H2/t14-,15-/m0/s1. The number of fused-ring (bicyclic) bond motifs is 2. The molecular formula is C16H19NO2. The maximum atomic E-state index is 12.2. The second-order valence-corrected chi connectivity index (χ2v) is 5.49. The lowest BCUT2D eigenvalue weighted by atomic mass is 9.99. The van der Waals surface area contributed by atoms with Crippen LogP contribution in [-0.4, -0.2) is 23.1 Å². The van der Waals surface area contributed by atoms with E-state index in [1.165, 1.54) is 5.57 Å². The van der Waals surface area contributed by atoms with Crippen molar-refractivity contribution < 1.29 is 9.53 Å². The normalized spacial score (nSPS) is 25.5. The highest BCUT2D eigenvalue weighted by molar-refractivity contribution is 5.69. The summed E-state index contributed by atoms with van der Waals surface area (Å²) in [6, 6.07) is 10.4. The molecule has 100 valence electrons. The Balaban J connectivity index is 1.61. The van der Waals surface area contributed by atoms with Crippen molar-refractivity contribution in [2.75, 3.05) is 0 Å². The minimum absolute atomic E-state index is 0.163. The van der Waals surface area contributed by atoms with Crippen molar-refractivity contribution >= 4 is 6.09 Å². The molecule has 0 radical (unpaired) electrons. The molecule has 2 aliphatic heterocycles. The first-order chi connectivity index (χ1) is 9.24. The van der Waals surface area contributed by atoms with Gasteiger partial charge in [0.25, 0.3) is 0 Å². The Labute approximate surface area is 113 Å². The number of nitrogens with zero attached hydrogens (tertiary/aromatic N) is 1. The molecule has 2 fully saturated rings. The molecule has 0 aromatic heterocycles. The van der Waals surface area contributed by atoms with Crippen LogP contribution >= 0.6 is 0 Å². The van der Waals surface area contributed by atoms with Crippen LogP contribution in [0, 0.1) is 0 Å². The molecule has 19 heavy (non-hydrogen) atoms. The van der Waals surface area contributed by atoms with E-state index in [4.69, 9.17) is 4.74 Å². The predicted molar refractivity (Wildman–Crippen MR) is 73.7 cm³/mol. The number of piperidine rings is 1. The first-order valence-corrected chi connectivity index (χ1v) is 6.89. The largest absolute Gasteiger partial charge is 0.445 e. The van der Waals surface area contributed by atoms with Gasteiger partial charge in [0.15, 0.2) is 0 Å². The molecule has 0 aliphatic carbocycles. The van der Waals surface area contributed by atoms with Gasteiger partial charge in [-0.25, -0.2) is 4.79 Å². The number of ether oxygens (including phenoxy) is 1. The van der Waals surface area contributed by atoms with Gasteiger partial charge in [-0.15, -0.1) is 0 Å². The molecule has 2 atom stereocenters. The summed E-state index contributed by atoms with van der Waals surface area (Å²) >= 11 is 0. The Morgan fingerprint density at radius 3 is 2.47 bits per heavy atom. The third-order valence-electron chi connectivity index (χ3n) is 4.08. The van der Waals surface area contributed by atoms with Gasteiger partial charge in [-0.05, 0) is 31.2 Å². The molecule has 2 saturated heterocycles. The first kappa shape index (κ1) is 12.3. The molecule has 2 heterocycles. The van der Waals surface area contributed by atoms with Crippen molar-refractivity contribution in [3.05, 3.63) is 48.0 Å². The number of hydrogen-bond donors (Lipinski definition) is 0. The van der Waals surface area contributed by atoms with E-state index in [1.54, 1.807) is 0 Å². The van der Waals surface area contributed by atoms with Crippen LogP contribution in [-0.2, 0) is 11.3 Å². The molecule has 3 rings (SSSR count). The minimum atomic E-state index is -0.163. The van der Waals surface area contributed by atoms with Gasteiger partial charge in [-0.3, -0.25) is 0 Å². The highest BCUT2D eigenvalue weighted by Crippen LogP contribution is 2.38. The van der Waals surface area contributed by atoms with Crippen molar-refractivity contribution in [2.45, 2.75) is 44.4 Å². The lowest BCUT2D eigenvalue weighted by molar-refractivity contribution is 0.0722. The summed E-state index contributed by atoms with van der Waals surface area (Å²) in [5.74, 6) is 0. The summed E-state index contributed by atoms with van der Waals surface area (Å²) in [5.41, 5.74) is 2.31. The van der Waals surface area contributed by atoms with Crippen molar-refractivity contribution in [1.29, 1.82) is 0 Å². The fraction of sp³-hybridized carbons (Fsp3) is 0.438. The Hall–Kier alpha value is -1.77. The quantitative estimate of drug-likeness (QED) is 0.759. The Bertz CT molecular complexity index is 467. The van der Waals surface area contributed by atoms with Crippen molar-refractivity contribution in [2.24, 2.45) is 0 Å². The monoisotopic (exact) mass is 257 g/mol. The van der Waals surface area contributed by atoms with Crippen LogP contribution in [0.25, 0.3) is 0 Å². The molecular weight excluding hydrogens is 238 g/mol. The number of rotatable bonds is 2. The zero-order valence-corrected chi connectivity index (χ0v) is 11.0. The Kier molecular flexibility index (Phi) is 3.28. The van der Waals surface area contributed by atoms with Crippen LogP contribution in [0.2, 0.25) is 0 Å². The van der Waals surface area contributed by atoms with E-state index < -0.39 is 0 Å². The third kappa shape index (κ3) is 2.50. The number of amides is 1. The highest BCUT2D eigenvalue weighted by Gasteiger charge is 2.41. The van der Waals surface area contributed by atoms with E-state index in [0.717, 1.165) is 31.2 Å². The minimum Gasteiger partial charge on any atom is -0.445 e. The summed E-state index contributed by atoms with van der Waals surface area (Å²) in [7, 11) is 0. The average Bonchev–Trinajstić information content (AvgIpc) is 2.70. The molecule has 2 bridgehead atoms. The number of hydrogen-bond acceptors (Lipinski definition) is 2. The van der Waals surface area contributed by atoms with Crippen LogP contribution < -0.4 is 0 Å². The van der Waals surface area contributed by atoms with Gasteiger partial charge in [0.2, 0.25) is 0 Å². The molecule has 1 amide bonds. The lowest BCUT2D eigenvalue weighted by Crippen LogP contribution is -2.44. The number of carbonyl (C=O) groups excluding carboxylic acids is 1. The topological polar surface area (TPSA) is 29.5 Å². The molecule has 1 aromatic carbocycles. The first-order valence-electron chi connectivity index (χ1n) is 6.89. The van der Waals surface area contributed by atoms with Crippen LogP contribution in [0.5, 0.6) is 0 Å². The molecule has 2 aliphatic rings. The van der Waals surface area contributed by atoms with Crippen LogP contribution in [0.15, 0.2) is 42.5 Å². The smallest absolute Gasteiger partial charge is 0.410 e. The Morgan fingerprint density at radius 2 is 1.84 bits per heavy atom. The molecule has 0 saturated carbocycles. The fourth-order valence-electron chi connectivity index (χ4n) is 3.20. The molecule has 1 aromatic rings. The van der Waals surface area contributed by atoms with E-state index in [0.29, 0.717) is 18.7 Å². The maximum Gasteiger partial charge on any atom is 0.410 e. The summed E-state index contributed by atoms with van der Waals surface area (Å²) in [6.07, 6.45) is 3.89. The lowest BCUT2D eigenvalue weighted by Gasteiger charge is -2.34. The number of carbonyl (C=O) groups is 1. The highest BCUT2D eigenvalue weighted by atomic mass is 16.6.